The number of aromatic amines is 1. The molecule has 0 unspecified atom stereocenters. The van der Waals surface area contributed by atoms with Gasteiger partial charge in [0, 0.05) is 24.1 Å². The van der Waals surface area contributed by atoms with Crippen molar-refractivity contribution in [3.8, 4) is 0 Å². The molecule has 104 valence electrons. The predicted molar refractivity (Wildman–Crippen MR) is 56.0 cm³/mol. The van der Waals surface area contributed by atoms with Crippen LogP contribution in [0.15, 0.2) is 10.9 Å². The van der Waals surface area contributed by atoms with Gasteiger partial charge in [-0.15, -0.1) is 0 Å². The van der Waals surface area contributed by atoms with Crippen LogP contribution in [0.2, 0.25) is 0 Å². The summed E-state index contributed by atoms with van der Waals surface area (Å²) in [7, 11) is 1.33. The van der Waals surface area contributed by atoms with Crippen LogP contribution < -0.4 is 5.56 Å². The van der Waals surface area contributed by atoms with E-state index >= 15 is 0 Å². The highest BCUT2D eigenvalue weighted by Gasteiger charge is 2.59. The largest absolute Gasteiger partial charge is 0.458 e. The molecule has 2 aromatic heterocycles. The molecule has 2 aromatic rings. The number of aryl methyl sites for hydroxylation is 2. The van der Waals surface area contributed by atoms with E-state index in [1.165, 1.54) is 14.0 Å². The Kier molecular flexibility index (Phi) is 2.69. The maximum Gasteiger partial charge on any atom is 0.458 e. The first-order valence-corrected chi connectivity index (χ1v) is 5.07. The fourth-order valence-corrected chi connectivity index (χ4v) is 1.88. The quantitative estimate of drug-likeness (QED) is 0.815. The zero-order valence-corrected chi connectivity index (χ0v) is 9.77. The number of H-pyrrole nitrogens is 1. The molecule has 0 bridgehead atoms. The molecule has 0 aromatic carbocycles. The van der Waals surface area contributed by atoms with Crippen LogP contribution >= 0.6 is 0 Å². The summed E-state index contributed by atoms with van der Waals surface area (Å²) in [5.41, 5.74) is -2.63. The molecule has 0 saturated carbocycles. The van der Waals surface area contributed by atoms with E-state index in [0.717, 1.165) is 4.68 Å². The summed E-state index contributed by atoms with van der Waals surface area (Å²) in [6.07, 6.45) is -5.78. The fraction of sp³-hybridized carbons (Fsp3) is 0.400. The van der Waals surface area contributed by atoms with Crippen LogP contribution in [-0.2, 0) is 13.0 Å². The number of halogens is 5. The van der Waals surface area contributed by atoms with Gasteiger partial charge in [0.05, 0.1) is 5.69 Å². The average Bonchev–Trinajstić information content (AvgIpc) is 2.52. The van der Waals surface area contributed by atoms with E-state index in [9.17, 15) is 26.7 Å². The van der Waals surface area contributed by atoms with Crippen molar-refractivity contribution in [1.82, 2.24) is 14.8 Å². The highest BCUT2D eigenvalue weighted by molar-refractivity contribution is 5.82. The summed E-state index contributed by atoms with van der Waals surface area (Å²) < 4.78 is 65.2. The molecule has 4 nitrogen and oxygen atoms in total. The second-order valence-corrected chi connectivity index (χ2v) is 4.05. The van der Waals surface area contributed by atoms with Gasteiger partial charge in [0.2, 0.25) is 5.56 Å². The van der Waals surface area contributed by atoms with Crippen LogP contribution in [0.4, 0.5) is 22.0 Å². The van der Waals surface area contributed by atoms with E-state index in [-0.39, 0.29) is 17.4 Å². The molecule has 0 saturated heterocycles. The molecular weight excluding hydrogens is 273 g/mol. The molecule has 1 N–H and O–H groups in total. The van der Waals surface area contributed by atoms with E-state index < -0.39 is 28.6 Å². The highest BCUT2D eigenvalue weighted by atomic mass is 19.4. The van der Waals surface area contributed by atoms with Gasteiger partial charge in [0.1, 0.15) is 5.65 Å². The third-order valence-corrected chi connectivity index (χ3v) is 2.70. The van der Waals surface area contributed by atoms with Crippen molar-refractivity contribution in [3.05, 3.63) is 27.7 Å². The molecule has 0 radical (unpaired) electrons. The number of alkyl halides is 5. The van der Waals surface area contributed by atoms with Crippen molar-refractivity contribution >= 4 is 11.0 Å². The summed E-state index contributed by atoms with van der Waals surface area (Å²) >= 11 is 0. The molecule has 0 amide bonds. The van der Waals surface area contributed by atoms with Gasteiger partial charge in [0.25, 0.3) is 0 Å². The van der Waals surface area contributed by atoms with Crippen molar-refractivity contribution in [2.45, 2.75) is 19.0 Å². The average molecular weight is 281 g/mol. The lowest BCUT2D eigenvalue weighted by Gasteiger charge is -2.20. The molecule has 9 heteroatoms. The van der Waals surface area contributed by atoms with Crippen LogP contribution in [0, 0.1) is 6.92 Å². The number of rotatable bonds is 1. The molecule has 2 heterocycles. The van der Waals surface area contributed by atoms with E-state index in [1.807, 2.05) is 0 Å². The Balaban J connectivity index is 2.92. The van der Waals surface area contributed by atoms with Crippen molar-refractivity contribution in [2.75, 3.05) is 0 Å². The number of hydrogen-bond donors (Lipinski definition) is 1. The van der Waals surface area contributed by atoms with Crippen molar-refractivity contribution < 1.29 is 22.0 Å². The van der Waals surface area contributed by atoms with Gasteiger partial charge in [-0.2, -0.15) is 27.1 Å². The van der Waals surface area contributed by atoms with Crippen LogP contribution in [0.25, 0.3) is 11.0 Å². The Morgan fingerprint density at radius 1 is 1.26 bits per heavy atom. The Labute approximate surface area is 102 Å². The maximum absolute atomic E-state index is 13.4. The Bertz CT molecular complexity index is 697. The minimum Gasteiger partial charge on any atom is -0.307 e. The highest BCUT2D eigenvalue weighted by Crippen LogP contribution is 2.45. The van der Waals surface area contributed by atoms with Crippen molar-refractivity contribution in [2.24, 2.45) is 7.05 Å². The van der Waals surface area contributed by atoms with E-state index in [2.05, 4.69) is 10.1 Å². The van der Waals surface area contributed by atoms with Crippen LogP contribution in [-0.4, -0.2) is 20.9 Å². The maximum atomic E-state index is 13.4. The third kappa shape index (κ3) is 1.89. The number of pyridine rings is 1. The summed E-state index contributed by atoms with van der Waals surface area (Å²) in [4.78, 5) is 13.4. The first-order chi connectivity index (χ1) is 8.55. The topological polar surface area (TPSA) is 50.7 Å². The summed E-state index contributed by atoms with van der Waals surface area (Å²) in [6.45, 7) is 1.29. The van der Waals surface area contributed by atoms with Gasteiger partial charge < -0.3 is 4.98 Å². The molecule has 0 atom stereocenters. The minimum atomic E-state index is -5.78. The van der Waals surface area contributed by atoms with Gasteiger partial charge in [0.15, 0.2) is 0 Å². The summed E-state index contributed by atoms with van der Waals surface area (Å²) in [5.74, 6) is -5.12. The van der Waals surface area contributed by atoms with Gasteiger partial charge in [-0.25, -0.2) is 0 Å². The number of nitrogens with one attached hydrogen (secondary N) is 1. The molecule has 0 aliphatic heterocycles. The Hall–Kier alpha value is -1.93. The molecule has 0 fully saturated rings. The first-order valence-electron chi connectivity index (χ1n) is 5.07. The van der Waals surface area contributed by atoms with Crippen molar-refractivity contribution in [1.29, 1.82) is 0 Å². The molecule has 2 rings (SSSR count). The lowest BCUT2D eigenvalue weighted by Crippen LogP contribution is -2.35. The lowest BCUT2D eigenvalue weighted by atomic mass is 10.0. The van der Waals surface area contributed by atoms with E-state index in [0.29, 0.717) is 0 Å². The number of fused-ring (bicyclic) bond motifs is 1. The second kappa shape index (κ2) is 3.78. The number of nitrogens with zero attached hydrogens (tertiary/aromatic N) is 2. The van der Waals surface area contributed by atoms with Crippen LogP contribution in [0.1, 0.15) is 11.3 Å². The van der Waals surface area contributed by atoms with Crippen molar-refractivity contribution in [3.63, 3.8) is 0 Å². The zero-order chi connectivity index (χ0) is 14.6. The normalized spacial score (nSPS) is 13.2. The third-order valence-electron chi connectivity index (χ3n) is 2.70. The van der Waals surface area contributed by atoms with Gasteiger partial charge in [-0.05, 0) is 6.92 Å². The molecule has 0 spiro atoms. The Morgan fingerprint density at radius 2 is 1.84 bits per heavy atom. The van der Waals surface area contributed by atoms with Crippen LogP contribution in [0.5, 0.6) is 0 Å². The van der Waals surface area contributed by atoms with Crippen LogP contribution in [0.3, 0.4) is 0 Å². The fourth-order valence-electron chi connectivity index (χ4n) is 1.88. The van der Waals surface area contributed by atoms with Gasteiger partial charge in [-0.3, -0.25) is 9.48 Å². The monoisotopic (exact) mass is 281 g/mol. The standard InChI is InChI=1S/C10H8F5N3O/c1-4-7-5(9(11,12)10(13,14)15)3-6(19)16-8(7)18(2)17-4/h3H,1-2H3,(H,16,19). The molecule has 19 heavy (non-hydrogen) atoms. The number of aromatic nitrogens is 3. The van der Waals surface area contributed by atoms with Gasteiger partial charge >= 0.3 is 12.1 Å². The first kappa shape index (κ1) is 13.5. The van der Waals surface area contributed by atoms with E-state index in [1.54, 1.807) is 0 Å². The summed E-state index contributed by atoms with van der Waals surface area (Å²) in [6, 6.07) is 0.254. The summed E-state index contributed by atoms with van der Waals surface area (Å²) in [5, 5.41) is 3.33. The van der Waals surface area contributed by atoms with E-state index in [4.69, 9.17) is 0 Å². The SMILES string of the molecule is Cc1nn(C)c2[nH]c(=O)cc(C(F)(F)C(F)(F)F)c12. The molecule has 0 aliphatic carbocycles. The second-order valence-electron chi connectivity index (χ2n) is 4.05. The smallest absolute Gasteiger partial charge is 0.307 e. The van der Waals surface area contributed by atoms with Gasteiger partial charge in [-0.1, -0.05) is 0 Å². The number of hydrogen-bond acceptors (Lipinski definition) is 2. The molecule has 0 aliphatic rings. The minimum absolute atomic E-state index is 0.0207. The molecular formula is C10H8F5N3O. The Morgan fingerprint density at radius 3 is 2.37 bits per heavy atom. The zero-order valence-electron chi connectivity index (χ0n) is 9.77. The lowest BCUT2D eigenvalue weighted by molar-refractivity contribution is -0.288. The predicted octanol–water partition coefficient (Wildman–Crippen LogP) is 2.22.